The van der Waals surface area contributed by atoms with Crippen LogP contribution in [0.2, 0.25) is 0 Å². The average Bonchev–Trinajstić information content (AvgIpc) is 2.62. The fourth-order valence-corrected chi connectivity index (χ4v) is 2.18. The Morgan fingerprint density at radius 1 is 0.963 bits per heavy atom. The van der Waals surface area contributed by atoms with Crippen molar-refractivity contribution in [3.63, 3.8) is 0 Å². The molecule has 0 spiro atoms. The number of benzene rings is 2. The summed E-state index contributed by atoms with van der Waals surface area (Å²) in [5, 5.41) is 5.39. The van der Waals surface area contributed by atoms with Gasteiger partial charge in [0.05, 0.1) is 18.8 Å². The molecule has 0 bridgehead atoms. The van der Waals surface area contributed by atoms with Crippen LogP contribution in [0.25, 0.3) is 0 Å². The molecule has 6 heteroatoms. The molecule has 0 heterocycles. The van der Waals surface area contributed by atoms with Gasteiger partial charge < -0.3 is 20.1 Å². The van der Waals surface area contributed by atoms with Gasteiger partial charge in [-0.3, -0.25) is 9.59 Å². The first-order valence-electron chi connectivity index (χ1n) is 8.87. The summed E-state index contributed by atoms with van der Waals surface area (Å²) < 4.78 is 11.3. The van der Waals surface area contributed by atoms with E-state index in [0.29, 0.717) is 23.8 Å². The standard InChI is InChI=1S/C21H26N2O4/c1-5-26-15-10-12-16(13-11-15)27-18-9-7-6-8-17(18)23-19(24)14-22-20(25)21(2,3)4/h6-13H,5,14H2,1-4H3,(H,22,25)(H,23,24). The Hall–Kier alpha value is -3.02. The molecule has 2 amide bonds. The van der Waals surface area contributed by atoms with E-state index in [1.54, 1.807) is 51.1 Å². The smallest absolute Gasteiger partial charge is 0.243 e. The molecular weight excluding hydrogens is 344 g/mol. The van der Waals surface area contributed by atoms with Crippen LogP contribution in [0, 0.1) is 5.41 Å². The van der Waals surface area contributed by atoms with E-state index in [9.17, 15) is 9.59 Å². The van der Waals surface area contributed by atoms with E-state index in [0.717, 1.165) is 5.75 Å². The van der Waals surface area contributed by atoms with E-state index in [1.807, 2.05) is 25.1 Å². The van der Waals surface area contributed by atoms with Gasteiger partial charge in [-0.1, -0.05) is 32.9 Å². The predicted octanol–water partition coefficient (Wildman–Crippen LogP) is 3.98. The summed E-state index contributed by atoms with van der Waals surface area (Å²) in [6.45, 7) is 7.79. The summed E-state index contributed by atoms with van der Waals surface area (Å²) in [7, 11) is 0. The minimum absolute atomic E-state index is 0.104. The molecule has 0 saturated carbocycles. The van der Waals surface area contributed by atoms with Gasteiger partial charge in [0.1, 0.15) is 11.5 Å². The molecule has 0 atom stereocenters. The molecule has 0 unspecified atom stereocenters. The van der Waals surface area contributed by atoms with Gasteiger partial charge in [0, 0.05) is 5.41 Å². The van der Waals surface area contributed by atoms with Crippen molar-refractivity contribution >= 4 is 17.5 Å². The molecule has 144 valence electrons. The van der Waals surface area contributed by atoms with Gasteiger partial charge in [0.25, 0.3) is 0 Å². The maximum absolute atomic E-state index is 12.2. The molecule has 2 N–H and O–H groups in total. The Bertz CT molecular complexity index is 780. The number of rotatable bonds is 7. The van der Waals surface area contributed by atoms with E-state index < -0.39 is 5.41 Å². The molecule has 0 aliphatic carbocycles. The monoisotopic (exact) mass is 370 g/mol. The lowest BCUT2D eigenvalue weighted by atomic mass is 9.96. The zero-order valence-electron chi connectivity index (χ0n) is 16.2. The van der Waals surface area contributed by atoms with Crippen molar-refractivity contribution < 1.29 is 19.1 Å². The van der Waals surface area contributed by atoms with Gasteiger partial charge in [-0.25, -0.2) is 0 Å². The van der Waals surface area contributed by atoms with Crippen molar-refractivity contribution in [3.8, 4) is 17.2 Å². The van der Waals surface area contributed by atoms with Crippen molar-refractivity contribution in [1.82, 2.24) is 5.32 Å². The highest BCUT2D eigenvalue weighted by atomic mass is 16.5. The lowest BCUT2D eigenvalue weighted by Crippen LogP contribution is -2.39. The number of nitrogens with one attached hydrogen (secondary N) is 2. The summed E-state index contributed by atoms with van der Waals surface area (Å²) in [5.41, 5.74) is -0.0176. The number of anilines is 1. The molecule has 0 radical (unpaired) electrons. The van der Waals surface area contributed by atoms with E-state index in [4.69, 9.17) is 9.47 Å². The van der Waals surface area contributed by atoms with E-state index in [1.165, 1.54) is 0 Å². The molecule has 2 aromatic carbocycles. The number of para-hydroxylation sites is 2. The predicted molar refractivity (Wildman–Crippen MR) is 105 cm³/mol. The van der Waals surface area contributed by atoms with Gasteiger partial charge in [-0.2, -0.15) is 0 Å². The third kappa shape index (κ3) is 6.33. The molecule has 0 fully saturated rings. The highest BCUT2D eigenvalue weighted by Gasteiger charge is 2.21. The Kier molecular flexibility index (Phi) is 6.82. The quantitative estimate of drug-likeness (QED) is 0.773. The highest BCUT2D eigenvalue weighted by Crippen LogP contribution is 2.30. The van der Waals surface area contributed by atoms with Crippen LogP contribution in [0.1, 0.15) is 27.7 Å². The Morgan fingerprint density at radius 2 is 1.59 bits per heavy atom. The molecular formula is C21H26N2O4. The third-order valence-corrected chi connectivity index (χ3v) is 3.61. The van der Waals surface area contributed by atoms with Crippen LogP contribution in [0.3, 0.4) is 0 Å². The SMILES string of the molecule is CCOc1ccc(Oc2ccccc2NC(=O)CNC(=O)C(C)(C)C)cc1. The number of hydrogen-bond acceptors (Lipinski definition) is 4. The second kappa shape index (κ2) is 9.07. The maximum atomic E-state index is 12.2. The zero-order valence-corrected chi connectivity index (χ0v) is 16.2. The molecule has 2 rings (SSSR count). The van der Waals surface area contributed by atoms with Crippen molar-refractivity contribution in [2.45, 2.75) is 27.7 Å². The first-order valence-corrected chi connectivity index (χ1v) is 8.87. The Labute approximate surface area is 159 Å². The minimum Gasteiger partial charge on any atom is -0.494 e. The number of hydrogen-bond donors (Lipinski definition) is 2. The molecule has 0 aliphatic heterocycles. The van der Waals surface area contributed by atoms with E-state index in [-0.39, 0.29) is 18.4 Å². The van der Waals surface area contributed by atoms with Crippen LogP contribution < -0.4 is 20.1 Å². The Morgan fingerprint density at radius 3 is 2.22 bits per heavy atom. The lowest BCUT2D eigenvalue weighted by Gasteiger charge is -2.17. The lowest BCUT2D eigenvalue weighted by molar-refractivity contribution is -0.130. The third-order valence-electron chi connectivity index (χ3n) is 3.61. The largest absolute Gasteiger partial charge is 0.494 e. The summed E-state index contributed by atoms with van der Waals surface area (Å²) in [5.74, 6) is 1.39. The molecule has 27 heavy (non-hydrogen) atoms. The normalized spacial score (nSPS) is 10.8. The first-order chi connectivity index (χ1) is 12.8. The first kappa shape index (κ1) is 20.3. The summed E-state index contributed by atoms with van der Waals surface area (Å²) in [4.78, 5) is 24.0. The fraction of sp³-hybridized carbons (Fsp3) is 0.333. The summed E-state index contributed by atoms with van der Waals surface area (Å²) in [6, 6.07) is 14.4. The summed E-state index contributed by atoms with van der Waals surface area (Å²) in [6.07, 6.45) is 0. The fourth-order valence-electron chi connectivity index (χ4n) is 2.18. The Balaban J connectivity index is 2.00. The number of carbonyl (C=O) groups is 2. The minimum atomic E-state index is -0.547. The summed E-state index contributed by atoms with van der Waals surface area (Å²) >= 11 is 0. The van der Waals surface area contributed by atoms with Gasteiger partial charge in [-0.15, -0.1) is 0 Å². The molecule has 0 aromatic heterocycles. The van der Waals surface area contributed by atoms with Gasteiger partial charge in [0.2, 0.25) is 11.8 Å². The van der Waals surface area contributed by atoms with Crippen LogP contribution in [-0.2, 0) is 9.59 Å². The zero-order chi connectivity index (χ0) is 19.9. The number of ether oxygens (including phenoxy) is 2. The van der Waals surface area contributed by atoms with Crippen LogP contribution in [0.4, 0.5) is 5.69 Å². The van der Waals surface area contributed by atoms with Crippen molar-refractivity contribution in [2.75, 3.05) is 18.5 Å². The maximum Gasteiger partial charge on any atom is 0.243 e. The average molecular weight is 370 g/mol. The van der Waals surface area contributed by atoms with Crippen LogP contribution >= 0.6 is 0 Å². The van der Waals surface area contributed by atoms with Gasteiger partial charge in [-0.05, 0) is 43.3 Å². The molecule has 6 nitrogen and oxygen atoms in total. The van der Waals surface area contributed by atoms with Gasteiger partial charge in [0.15, 0.2) is 5.75 Å². The highest BCUT2D eigenvalue weighted by molar-refractivity contribution is 5.96. The number of carbonyl (C=O) groups excluding carboxylic acids is 2. The number of amides is 2. The van der Waals surface area contributed by atoms with Gasteiger partial charge >= 0.3 is 0 Å². The molecule has 2 aromatic rings. The van der Waals surface area contributed by atoms with Crippen molar-refractivity contribution in [3.05, 3.63) is 48.5 Å². The molecule has 0 saturated heterocycles. The van der Waals surface area contributed by atoms with Crippen LogP contribution in [-0.4, -0.2) is 25.0 Å². The second-order valence-corrected chi connectivity index (χ2v) is 6.98. The van der Waals surface area contributed by atoms with E-state index >= 15 is 0 Å². The topological polar surface area (TPSA) is 76.7 Å². The van der Waals surface area contributed by atoms with Crippen molar-refractivity contribution in [1.29, 1.82) is 0 Å². The van der Waals surface area contributed by atoms with Crippen LogP contribution in [0.5, 0.6) is 17.2 Å². The van der Waals surface area contributed by atoms with E-state index in [2.05, 4.69) is 10.6 Å². The van der Waals surface area contributed by atoms with Crippen molar-refractivity contribution in [2.24, 2.45) is 5.41 Å². The molecule has 0 aliphatic rings. The second-order valence-electron chi connectivity index (χ2n) is 6.98. The van der Waals surface area contributed by atoms with Crippen LogP contribution in [0.15, 0.2) is 48.5 Å².